The van der Waals surface area contributed by atoms with E-state index in [1.54, 1.807) is 23.1 Å². The zero-order valence-corrected chi connectivity index (χ0v) is 14.1. The van der Waals surface area contributed by atoms with E-state index in [1.165, 1.54) is 0 Å². The van der Waals surface area contributed by atoms with Gasteiger partial charge in [-0.25, -0.2) is 4.98 Å². The number of hydrogen-bond donors (Lipinski definition) is 3. The minimum absolute atomic E-state index is 0. The van der Waals surface area contributed by atoms with Crippen LogP contribution in [0.4, 0.5) is 5.13 Å². The summed E-state index contributed by atoms with van der Waals surface area (Å²) in [5, 5.41) is 5.81. The Balaban J connectivity index is 0. The highest BCUT2D eigenvalue weighted by atomic mass is 35.5. The van der Waals surface area contributed by atoms with Gasteiger partial charge in [0.1, 0.15) is 0 Å². The first-order valence-electron chi connectivity index (χ1n) is 5.55. The van der Waals surface area contributed by atoms with Gasteiger partial charge >= 0.3 is 0 Å². The van der Waals surface area contributed by atoms with Crippen LogP contribution >= 0.6 is 47.9 Å². The van der Waals surface area contributed by atoms with Gasteiger partial charge in [-0.1, -0.05) is 6.92 Å². The molecule has 0 saturated carbocycles. The number of nitrogens with one attached hydrogen (secondary N) is 1. The summed E-state index contributed by atoms with van der Waals surface area (Å²) in [6, 6.07) is 0. The molecule has 0 saturated heterocycles. The van der Waals surface area contributed by atoms with Crippen molar-refractivity contribution in [2.24, 2.45) is 16.5 Å². The largest absolute Gasteiger partial charge is 0.370 e. The number of halogens is 2. The van der Waals surface area contributed by atoms with Crippen molar-refractivity contribution >= 4 is 59.0 Å². The van der Waals surface area contributed by atoms with Gasteiger partial charge in [0.25, 0.3) is 0 Å². The fourth-order valence-electron chi connectivity index (χ4n) is 1.07. The summed E-state index contributed by atoms with van der Waals surface area (Å²) in [5.41, 5.74) is 12.2. The van der Waals surface area contributed by atoms with Crippen molar-refractivity contribution in [2.75, 3.05) is 24.2 Å². The van der Waals surface area contributed by atoms with Crippen LogP contribution in [0.5, 0.6) is 0 Å². The van der Waals surface area contributed by atoms with Gasteiger partial charge in [0.15, 0.2) is 11.1 Å². The topological polar surface area (TPSA) is 89.3 Å². The van der Waals surface area contributed by atoms with Crippen molar-refractivity contribution in [3.05, 3.63) is 11.1 Å². The molecule has 0 fully saturated rings. The zero-order chi connectivity index (χ0) is 12.5. The monoisotopic (exact) mass is 345 g/mol. The first kappa shape index (κ1) is 21.1. The smallest absolute Gasteiger partial charge is 0.194 e. The molecule has 19 heavy (non-hydrogen) atoms. The van der Waals surface area contributed by atoms with Crippen molar-refractivity contribution in [3.8, 4) is 0 Å². The van der Waals surface area contributed by atoms with Crippen molar-refractivity contribution in [1.82, 2.24) is 4.98 Å². The molecule has 1 rings (SSSR count). The van der Waals surface area contributed by atoms with E-state index in [0.717, 1.165) is 35.3 Å². The molecule has 1 aromatic rings. The Morgan fingerprint density at radius 1 is 1.53 bits per heavy atom. The van der Waals surface area contributed by atoms with Gasteiger partial charge in [-0.2, -0.15) is 11.8 Å². The summed E-state index contributed by atoms with van der Waals surface area (Å²) in [6.45, 7) is 3.51. The van der Waals surface area contributed by atoms with Crippen molar-refractivity contribution in [2.45, 2.75) is 19.1 Å². The lowest BCUT2D eigenvalue weighted by Gasteiger charge is -2.00. The van der Waals surface area contributed by atoms with E-state index < -0.39 is 0 Å². The van der Waals surface area contributed by atoms with Gasteiger partial charge in [0.2, 0.25) is 0 Å². The van der Waals surface area contributed by atoms with E-state index >= 15 is 0 Å². The van der Waals surface area contributed by atoms with Crippen LogP contribution in [0.1, 0.15) is 19.0 Å². The number of nitrogens with two attached hydrogens (primary N) is 2. The predicted octanol–water partition coefficient (Wildman–Crippen LogP) is 2.32. The van der Waals surface area contributed by atoms with Crippen molar-refractivity contribution < 1.29 is 0 Å². The van der Waals surface area contributed by atoms with E-state index in [9.17, 15) is 0 Å². The highest BCUT2D eigenvalue weighted by Crippen LogP contribution is 2.18. The molecule has 0 spiro atoms. The quantitative estimate of drug-likeness (QED) is 0.400. The Morgan fingerprint density at radius 2 is 2.26 bits per heavy atom. The third-order valence-electron chi connectivity index (χ3n) is 1.80. The molecule has 112 valence electrons. The Morgan fingerprint density at radius 3 is 2.89 bits per heavy atom. The second-order valence-corrected chi connectivity index (χ2v) is 5.34. The number of rotatable bonds is 7. The molecule has 0 aliphatic carbocycles. The van der Waals surface area contributed by atoms with Crippen molar-refractivity contribution in [3.63, 3.8) is 0 Å². The van der Waals surface area contributed by atoms with Crippen molar-refractivity contribution in [1.29, 1.82) is 0 Å². The molecular weight excluding hydrogens is 325 g/mol. The number of aliphatic imine (C=N–C) groups is 1. The van der Waals surface area contributed by atoms with Gasteiger partial charge in [-0.05, 0) is 6.42 Å². The van der Waals surface area contributed by atoms with Crippen LogP contribution in [-0.2, 0) is 5.75 Å². The molecule has 1 aromatic heterocycles. The van der Waals surface area contributed by atoms with Gasteiger partial charge in [-0.15, -0.1) is 36.2 Å². The average molecular weight is 346 g/mol. The van der Waals surface area contributed by atoms with E-state index in [0.29, 0.717) is 12.5 Å². The number of thioether (sulfide) groups is 1. The minimum Gasteiger partial charge on any atom is -0.370 e. The summed E-state index contributed by atoms with van der Waals surface area (Å²) in [5.74, 6) is 2.28. The Bertz CT molecular complexity index is 359. The zero-order valence-electron chi connectivity index (χ0n) is 10.8. The molecular formula is C10H21Cl2N5S2. The normalized spacial score (nSPS) is 10.5. The van der Waals surface area contributed by atoms with E-state index in [4.69, 9.17) is 11.5 Å². The lowest BCUT2D eigenvalue weighted by molar-refractivity contribution is 0.929. The molecule has 0 aliphatic rings. The Hall–Kier alpha value is -0.210. The van der Waals surface area contributed by atoms with E-state index in [-0.39, 0.29) is 24.8 Å². The summed E-state index contributed by atoms with van der Waals surface area (Å²) in [6.07, 6.45) is 0.987. The Kier molecular flexibility index (Phi) is 14.2. The summed E-state index contributed by atoms with van der Waals surface area (Å²) in [4.78, 5) is 8.57. The number of thiazole rings is 1. The predicted molar refractivity (Wildman–Crippen MR) is 92.2 cm³/mol. The molecule has 9 heteroatoms. The Labute approximate surface area is 134 Å². The number of anilines is 1. The standard InChI is InChI=1S/C10H19N5S2.2ClH/c1-2-4-13-9(12)15-10-14-8(7-17-10)6-16-5-3-11;;/h7H,2-6,11H2,1H3,(H3,12,13,14,15);2*1H. The van der Waals surface area contributed by atoms with Crippen LogP contribution in [0.15, 0.2) is 10.4 Å². The van der Waals surface area contributed by atoms with Crippen LogP contribution < -0.4 is 16.8 Å². The molecule has 0 bridgehead atoms. The first-order valence-corrected chi connectivity index (χ1v) is 7.58. The molecule has 0 atom stereocenters. The number of aromatic nitrogens is 1. The maximum Gasteiger partial charge on any atom is 0.194 e. The van der Waals surface area contributed by atoms with Gasteiger partial charge < -0.3 is 16.8 Å². The molecule has 5 nitrogen and oxygen atoms in total. The fraction of sp³-hybridized carbons (Fsp3) is 0.600. The van der Waals surface area contributed by atoms with Gasteiger partial charge in [-0.3, -0.25) is 4.99 Å². The molecule has 1 heterocycles. The maximum atomic E-state index is 5.71. The molecule has 0 unspecified atom stereocenters. The summed E-state index contributed by atoms with van der Waals surface area (Å²) >= 11 is 3.32. The number of guanidine groups is 1. The van der Waals surface area contributed by atoms with Gasteiger partial charge in [0, 0.05) is 30.0 Å². The van der Waals surface area contributed by atoms with E-state index in [1.807, 2.05) is 5.38 Å². The number of nitrogens with zero attached hydrogens (tertiary/aromatic N) is 2. The lowest BCUT2D eigenvalue weighted by atomic mass is 10.5. The SMILES string of the molecule is CCCN=C(N)Nc1nc(CSCCN)cs1.Cl.Cl. The molecule has 0 aliphatic heterocycles. The third-order valence-corrected chi connectivity index (χ3v) is 3.64. The summed E-state index contributed by atoms with van der Waals surface area (Å²) in [7, 11) is 0. The fourth-order valence-corrected chi connectivity index (χ4v) is 2.56. The molecule has 0 amide bonds. The van der Waals surface area contributed by atoms with Crippen LogP contribution in [0.25, 0.3) is 0 Å². The highest BCUT2D eigenvalue weighted by molar-refractivity contribution is 7.98. The first-order chi connectivity index (χ1) is 8.26. The van der Waals surface area contributed by atoms with Crippen LogP contribution in [0, 0.1) is 0 Å². The molecule has 5 N–H and O–H groups in total. The van der Waals surface area contributed by atoms with E-state index in [2.05, 4.69) is 22.2 Å². The maximum absolute atomic E-state index is 5.71. The average Bonchev–Trinajstić information content (AvgIpc) is 2.74. The van der Waals surface area contributed by atoms with Gasteiger partial charge in [0.05, 0.1) is 5.69 Å². The molecule has 0 aromatic carbocycles. The lowest BCUT2D eigenvalue weighted by Crippen LogP contribution is -2.22. The van der Waals surface area contributed by atoms with Crippen LogP contribution in [0.2, 0.25) is 0 Å². The second-order valence-electron chi connectivity index (χ2n) is 3.38. The van der Waals surface area contributed by atoms with Crippen LogP contribution in [0.3, 0.4) is 0 Å². The minimum atomic E-state index is 0. The third kappa shape index (κ3) is 9.34. The molecule has 0 radical (unpaired) electrons. The second kappa shape index (κ2) is 12.8. The highest BCUT2D eigenvalue weighted by Gasteiger charge is 2.02. The summed E-state index contributed by atoms with van der Waals surface area (Å²) < 4.78 is 0. The van der Waals surface area contributed by atoms with Crippen LogP contribution in [-0.4, -0.2) is 29.8 Å². The number of hydrogen-bond acceptors (Lipinski definition) is 5.